The van der Waals surface area contributed by atoms with E-state index in [1.165, 1.54) is 0 Å². The lowest BCUT2D eigenvalue weighted by atomic mass is 10.1. The number of fused-ring (bicyclic) bond motifs is 1. The molecule has 1 aromatic carbocycles. The molecule has 15 heavy (non-hydrogen) atoms. The Morgan fingerprint density at radius 3 is 3.07 bits per heavy atom. The monoisotopic (exact) mass is 206 g/mol. The van der Waals surface area contributed by atoms with E-state index in [2.05, 4.69) is 10.2 Å². The smallest absolute Gasteiger partial charge is 0.309 e. The summed E-state index contributed by atoms with van der Waals surface area (Å²) < 4.78 is 5.16. The van der Waals surface area contributed by atoms with Gasteiger partial charge in [-0.1, -0.05) is 6.07 Å². The number of H-pyrrole nitrogens is 1. The number of carbonyl (C=O) groups is 1. The average molecular weight is 206 g/mol. The minimum absolute atomic E-state index is 0.0864. The Morgan fingerprint density at radius 2 is 2.40 bits per heavy atom. The van der Waals surface area contributed by atoms with E-state index < -0.39 is 5.97 Å². The number of carboxylic acid groups (broad SMARTS) is 1. The lowest BCUT2D eigenvalue weighted by Crippen LogP contribution is -2.01. The first-order valence-electron chi connectivity index (χ1n) is 4.44. The Kier molecular flexibility index (Phi) is 2.29. The Bertz CT molecular complexity index is 504. The van der Waals surface area contributed by atoms with Crippen LogP contribution >= 0.6 is 0 Å². The van der Waals surface area contributed by atoms with E-state index in [0.717, 1.165) is 5.39 Å². The van der Waals surface area contributed by atoms with Crippen LogP contribution in [-0.2, 0) is 11.2 Å². The van der Waals surface area contributed by atoms with Crippen molar-refractivity contribution in [1.29, 1.82) is 0 Å². The molecule has 0 spiro atoms. The summed E-state index contributed by atoms with van der Waals surface area (Å²) in [6.45, 7) is 0. The Morgan fingerprint density at radius 1 is 1.60 bits per heavy atom. The van der Waals surface area contributed by atoms with Gasteiger partial charge in [-0.15, -0.1) is 0 Å². The molecule has 0 saturated carbocycles. The molecule has 0 unspecified atom stereocenters. The highest BCUT2D eigenvalue weighted by Crippen LogP contribution is 2.27. The molecule has 0 radical (unpaired) electrons. The van der Waals surface area contributed by atoms with E-state index in [-0.39, 0.29) is 6.42 Å². The molecule has 1 heterocycles. The third-order valence-electron chi connectivity index (χ3n) is 2.17. The van der Waals surface area contributed by atoms with Crippen molar-refractivity contribution < 1.29 is 14.6 Å². The van der Waals surface area contributed by atoms with Gasteiger partial charge >= 0.3 is 5.97 Å². The fourth-order valence-electron chi connectivity index (χ4n) is 1.55. The van der Waals surface area contributed by atoms with Crippen molar-refractivity contribution in [3.05, 3.63) is 23.9 Å². The molecule has 0 aliphatic heterocycles. The fraction of sp³-hybridized carbons (Fsp3) is 0.200. The van der Waals surface area contributed by atoms with Crippen LogP contribution in [-0.4, -0.2) is 28.4 Å². The summed E-state index contributed by atoms with van der Waals surface area (Å²) in [5.74, 6) is -0.260. The molecule has 78 valence electrons. The van der Waals surface area contributed by atoms with Gasteiger partial charge in [-0.05, 0) is 12.1 Å². The topological polar surface area (TPSA) is 75.2 Å². The number of hydrogen-bond donors (Lipinski definition) is 2. The number of hydrogen-bond acceptors (Lipinski definition) is 3. The lowest BCUT2D eigenvalue weighted by molar-refractivity contribution is -0.136. The number of ether oxygens (including phenoxy) is 1. The van der Waals surface area contributed by atoms with Crippen LogP contribution in [0.4, 0.5) is 0 Å². The lowest BCUT2D eigenvalue weighted by Gasteiger charge is -2.01. The molecule has 2 rings (SSSR count). The van der Waals surface area contributed by atoms with Gasteiger partial charge in [0.1, 0.15) is 5.75 Å². The van der Waals surface area contributed by atoms with Crippen molar-refractivity contribution in [2.45, 2.75) is 6.42 Å². The number of aromatic amines is 1. The van der Waals surface area contributed by atoms with Crippen LogP contribution in [0.25, 0.3) is 10.9 Å². The van der Waals surface area contributed by atoms with Crippen molar-refractivity contribution in [3.63, 3.8) is 0 Å². The molecule has 1 aromatic heterocycles. The predicted octanol–water partition coefficient (Wildman–Crippen LogP) is 1.20. The molecule has 0 amide bonds. The summed E-state index contributed by atoms with van der Waals surface area (Å²) in [6, 6.07) is 5.40. The minimum atomic E-state index is -0.897. The first-order chi connectivity index (χ1) is 7.22. The van der Waals surface area contributed by atoms with Crippen molar-refractivity contribution >= 4 is 16.9 Å². The highest BCUT2D eigenvalue weighted by atomic mass is 16.5. The Balaban J connectivity index is 2.60. The van der Waals surface area contributed by atoms with Gasteiger partial charge in [0.25, 0.3) is 0 Å². The molecule has 0 aliphatic rings. The van der Waals surface area contributed by atoms with Crippen LogP contribution in [0.3, 0.4) is 0 Å². The van der Waals surface area contributed by atoms with E-state index in [9.17, 15) is 4.79 Å². The molecule has 0 atom stereocenters. The zero-order valence-corrected chi connectivity index (χ0v) is 8.15. The van der Waals surface area contributed by atoms with Crippen LogP contribution in [0.15, 0.2) is 18.2 Å². The minimum Gasteiger partial charge on any atom is -0.496 e. The maximum absolute atomic E-state index is 10.6. The standard InChI is InChI=1S/C10H10N2O3/c1-15-8-4-2-3-6-10(8)7(12-11-6)5-9(13)14/h2-4H,5H2,1H3,(H,11,12)(H,13,14). The second kappa shape index (κ2) is 3.61. The normalized spacial score (nSPS) is 10.5. The van der Waals surface area contributed by atoms with Gasteiger partial charge in [0.15, 0.2) is 0 Å². The van der Waals surface area contributed by atoms with Gasteiger partial charge in [0.2, 0.25) is 0 Å². The SMILES string of the molecule is COc1cccc2n[nH]c(CC(=O)O)c12. The molecule has 2 N–H and O–H groups in total. The maximum atomic E-state index is 10.6. The summed E-state index contributed by atoms with van der Waals surface area (Å²) >= 11 is 0. The molecule has 5 heteroatoms. The van der Waals surface area contributed by atoms with Crippen LogP contribution in [0.1, 0.15) is 5.69 Å². The van der Waals surface area contributed by atoms with Crippen LogP contribution < -0.4 is 4.74 Å². The number of rotatable bonds is 3. The third-order valence-corrected chi connectivity index (χ3v) is 2.17. The Labute approximate surface area is 85.7 Å². The van der Waals surface area contributed by atoms with Crippen molar-refractivity contribution in [1.82, 2.24) is 10.2 Å². The van der Waals surface area contributed by atoms with Crippen molar-refractivity contribution in [2.24, 2.45) is 0 Å². The number of aromatic nitrogens is 2. The number of nitrogens with one attached hydrogen (secondary N) is 1. The highest BCUT2D eigenvalue weighted by Gasteiger charge is 2.12. The van der Waals surface area contributed by atoms with E-state index in [1.54, 1.807) is 19.2 Å². The van der Waals surface area contributed by atoms with Gasteiger partial charge < -0.3 is 9.84 Å². The summed E-state index contributed by atoms with van der Waals surface area (Å²) in [5.41, 5.74) is 1.28. The Hall–Kier alpha value is -2.04. The first kappa shape index (κ1) is 9.51. The quantitative estimate of drug-likeness (QED) is 0.791. The van der Waals surface area contributed by atoms with Crippen molar-refractivity contribution in [2.75, 3.05) is 7.11 Å². The molecule has 0 aliphatic carbocycles. The van der Waals surface area contributed by atoms with Gasteiger partial charge in [-0.3, -0.25) is 9.89 Å². The van der Waals surface area contributed by atoms with E-state index in [0.29, 0.717) is 17.0 Å². The van der Waals surface area contributed by atoms with E-state index >= 15 is 0 Å². The van der Waals surface area contributed by atoms with Gasteiger partial charge in [0, 0.05) is 0 Å². The van der Waals surface area contributed by atoms with Gasteiger partial charge in [-0.25, -0.2) is 0 Å². The average Bonchev–Trinajstić information content (AvgIpc) is 2.61. The molecule has 0 saturated heterocycles. The van der Waals surface area contributed by atoms with E-state index in [4.69, 9.17) is 9.84 Å². The molecule has 5 nitrogen and oxygen atoms in total. The zero-order valence-electron chi connectivity index (χ0n) is 8.15. The number of methoxy groups -OCH3 is 1. The number of benzene rings is 1. The molecular weight excluding hydrogens is 196 g/mol. The summed E-state index contributed by atoms with van der Waals surface area (Å²) in [6.07, 6.45) is -0.0864. The van der Waals surface area contributed by atoms with Crippen LogP contribution in [0.2, 0.25) is 0 Å². The van der Waals surface area contributed by atoms with Gasteiger partial charge in [-0.2, -0.15) is 5.10 Å². The first-order valence-corrected chi connectivity index (χ1v) is 4.44. The molecule has 2 aromatic rings. The number of aliphatic carboxylic acids is 1. The third kappa shape index (κ3) is 1.63. The van der Waals surface area contributed by atoms with Crippen molar-refractivity contribution in [3.8, 4) is 5.75 Å². The second-order valence-corrected chi connectivity index (χ2v) is 3.13. The van der Waals surface area contributed by atoms with Crippen LogP contribution in [0.5, 0.6) is 5.75 Å². The highest BCUT2D eigenvalue weighted by molar-refractivity contribution is 5.90. The fourth-order valence-corrected chi connectivity index (χ4v) is 1.55. The zero-order chi connectivity index (χ0) is 10.8. The molecule has 0 fully saturated rings. The largest absolute Gasteiger partial charge is 0.496 e. The summed E-state index contributed by atoms with van der Waals surface area (Å²) in [5, 5.41) is 16.2. The second-order valence-electron chi connectivity index (χ2n) is 3.13. The van der Waals surface area contributed by atoms with Crippen LogP contribution in [0, 0.1) is 0 Å². The molecular formula is C10H10N2O3. The maximum Gasteiger partial charge on any atom is 0.309 e. The number of carboxylic acids is 1. The predicted molar refractivity (Wildman–Crippen MR) is 54.0 cm³/mol. The summed E-state index contributed by atoms with van der Waals surface area (Å²) in [4.78, 5) is 10.6. The van der Waals surface area contributed by atoms with E-state index in [1.807, 2.05) is 6.07 Å². The number of nitrogens with zero attached hydrogens (tertiary/aromatic N) is 1. The van der Waals surface area contributed by atoms with Gasteiger partial charge in [0.05, 0.1) is 30.1 Å². The summed E-state index contributed by atoms with van der Waals surface area (Å²) in [7, 11) is 1.55. The molecule has 0 bridgehead atoms.